The molecule has 3 aromatic rings. The summed E-state index contributed by atoms with van der Waals surface area (Å²) < 4.78 is 0. The second-order valence-electron chi connectivity index (χ2n) is 9.37. The second kappa shape index (κ2) is 13.9. The summed E-state index contributed by atoms with van der Waals surface area (Å²) in [5.74, 6) is -0.0600. The van der Waals surface area contributed by atoms with Crippen molar-refractivity contribution in [1.82, 2.24) is 10.2 Å². The van der Waals surface area contributed by atoms with E-state index in [9.17, 15) is 9.59 Å². The molecule has 0 bridgehead atoms. The highest BCUT2D eigenvalue weighted by Crippen LogP contribution is 2.28. The van der Waals surface area contributed by atoms with Crippen molar-refractivity contribution in [2.45, 2.75) is 62.0 Å². The molecule has 0 unspecified atom stereocenters. The topological polar surface area (TPSA) is 49.4 Å². The average Bonchev–Trinajstić information content (AvgIpc) is 2.92. The maximum atomic E-state index is 13.8. The Balaban J connectivity index is 1.64. The van der Waals surface area contributed by atoms with Gasteiger partial charge in [-0.1, -0.05) is 97.1 Å². The third-order valence-corrected chi connectivity index (χ3v) is 8.42. The molecule has 3 aromatic carbocycles. The number of nitrogens with zero attached hydrogens (tertiary/aromatic N) is 1. The Morgan fingerprint density at radius 2 is 1.49 bits per heavy atom. The maximum Gasteiger partial charge on any atom is 0.243 e. The summed E-state index contributed by atoms with van der Waals surface area (Å²) in [5, 5.41) is 4.22. The Morgan fingerprint density at radius 3 is 2.14 bits per heavy atom. The van der Waals surface area contributed by atoms with Crippen LogP contribution in [-0.4, -0.2) is 34.6 Å². The number of rotatable bonds is 10. The zero-order chi connectivity index (χ0) is 26.0. The van der Waals surface area contributed by atoms with Crippen LogP contribution in [0.15, 0.2) is 83.8 Å². The van der Waals surface area contributed by atoms with E-state index in [0.29, 0.717) is 22.0 Å². The van der Waals surface area contributed by atoms with Crippen LogP contribution in [0, 0.1) is 0 Å². The van der Waals surface area contributed by atoms with Crippen LogP contribution in [0.4, 0.5) is 0 Å². The number of carbonyl (C=O) groups excluding carboxylic acids is 2. The molecule has 1 aliphatic rings. The van der Waals surface area contributed by atoms with Crippen LogP contribution < -0.4 is 5.32 Å². The van der Waals surface area contributed by atoms with Crippen LogP contribution in [0.2, 0.25) is 10.0 Å². The van der Waals surface area contributed by atoms with Gasteiger partial charge in [-0.15, -0.1) is 11.8 Å². The fourth-order valence-electron chi connectivity index (χ4n) is 4.70. The fraction of sp³-hybridized carbons (Fsp3) is 0.333. The van der Waals surface area contributed by atoms with Gasteiger partial charge < -0.3 is 10.2 Å². The summed E-state index contributed by atoms with van der Waals surface area (Å²) in [7, 11) is 0. The first-order valence-electron chi connectivity index (χ1n) is 12.8. The number of amides is 2. The number of hydrogen-bond acceptors (Lipinski definition) is 3. The smallest absolute Gasteiger partial charge is 0.243 e. The Labute approximate surface area is 233 Å². The summed E-state index contributed by atoms with van der Waals surface area (Å²) in [6.45, 7) is 0.155. The Morgan fingerprint density at radius 1 is 0.865 bits per heavy atom. The Kier molecular flexibility index (Phi) is 10.4. The van der Waals surface area contributed by atoms with Gasteiger partial charge in [-0.2, -0.15) is 0 Å². The number of halogens is 2. The van der Waals surface area contributed by atoms with Gasteiger partial charge in [-0.25, -0.2) is 0 Å². The lowest BCUT2D eigenvalue weighted by molar-refractivity contribution is -0.139. The van der Waals surface area contributed by atoms with E-state index in [1.54, 1.807) is 23.1 Å². The molecule has 4 nitrogen and oxygen atoms in total. The molecular weight excluding hydrogens is 523 g/mol. The van der Waals surface area contributed by atoms with E-state index in [0.717, 1.165) is 36.1 Å². The highest BCUT2D eigenvalue weighted by molar-refractivity contribution is 8.00. The van der Waals surface area contributed by atoms with Crippen molar-refractivity contribution in [3.63, 3.8) is 0 Å². The minimum Gasteiger partial charge on any atom is -0.352 e. The maximum absolute atomic E-state index is 13.8. The van der Waals surface area contributed by atoms with Gasteiger partial charge in [-0.05, 0) is 42.7 Å². The molecule has 1 saturated carbocycles. The molecule has 7 heteroatoms. The number of carbonyl (C=O) groups is 2. The van der Waals surface area contributed by atoms with Gasteiger partial charge >= 0.3 is 0 Å². The molecule has 0 radical (unpaired) electrons. The predicted octanol–water partition coefficient (Wildman–Crippen LogP) is 7.17. The molecule has 4 rings (SSSR count). The van der Waals surface area contributed by atoms with Gasteiger partial charge in [0.25, 0.3) is 0 Å². The van der Waals surface area contributed by atoms with Crippen LogP contribution in [0.1, 0.15) is 43.2 Å². The minimum atomic E-state index is -0.694. The molecular formula is C30H32Cl2N2O2S. The van der Waals surface area contributed by atoms with E-state index in [-0.39, 0.29) is 30.2 Å². The van der Waals surface area contributed by atoms with Gasteiger partial charge in [0.1, 0.15) is 6.04 Å². The van der Waals surface area contributed by atoms with Gasteiger partial charge in [0.05, 0.1) is 5.75 Å². The molecule has 1 N–H and O–H groups in total. The first-order valence-corrected chi connectivity index (χ1v) is 14.5. The monoisotopic (exact) mass is 554 g/mol. The second-order valence-corrected chi connectivity index (χ2v) is 11.2. The quantitative estimate of drug-likeness (QED) is 0.270. The van der Waals surface area contributed by atoms with Crippen molar-refractivity contribution in [3.8, 4) is 0 Å². The third kappa shape index (κ3) is 8.00. The van der Waals surface area contributed by atoms with E-state index in [1.807, 2.05) is 60.7 Å². The largest absolute Gasteiger partial charge is 0.352 e. The van der Waals surface area contributed by atoms with Gasteiger partial charge in [0.15, 0.2) is 0 Å². The first kappa shape index (κ1) is 27.6. The molecule has 0 heterocycles. The highest BCUT2D eigenvalue weighted by atomic mass is 35.5. The van der Waals surface area contributed by atoms with Crippen LogP contribution in [0.25, 0.3) is 0 Å². The summed E-state index contributed by atoms with van der Waals surface area (Å²) in [5.41, 5.74) is 1.64. The van der Waals surface area contributed by atoms with Crippen molar-refractivity contribution in [1.29, 1.82) is 0 Å². The molecule has 37 heavy (non-hydrogen) atoms. The molecule has 0 aliphatic heterocycles. The first-order chi connectivity index (χ1) is 18.0. The van der Waals surface area contributed by atoms with E-state index in [2.05, 4.69) is 5.32 Å². The third-order valence-electron chi connectivity index (χ3n) is 6.72. The van der Waals surface area contributed by atoms with E-state index in [1.165, 1.54) is 18.2 Å². The molecule has 0 spiro atoms. The molecule has 2 amide bonds. The summed E-state index contributed by atoms with van der Waals surface area (Å²) in [6, 6.07) is 24.4. The van der Waals surface area contributed by atoms with Crippen LogP contribution >= 0.6 is 35.0 Å². The Bertz CT molecular complexity index is 1150. The lowest BCUT2D eigenvalue weighted by atomic mass is 9.94. The highest BCUT2D eigenvalue weighted by Gasteiger charge is 2.32. The number of nitrogens with one attached hydrogen (secondary N) is 1. The molecule has 0 saturated heterocycles. The number of benzene rings is 3. The zero-order valence-electron chi connectivity index (χ0n) is 20.7. The normalized spacial score (nSPS) is 14.6. The molecule has 1 fully saturated rings. The van der Waals surface area contributed by atoms with Crippen molar-refractivity contribution < 1.29 is 9.59 Å². The standard InChI is InChI=1S/C30H32Cl2N2O2S/c31-26-17-10-18-27(32)25(26)20-34(29(35)21-37-24-15-8-3-9-16-24)28(19-22-11-4-1-5-12-22)30(36)33-23-13-6-2-7-14-23/h1,3-5,8-12,15-18,23,28H,2,6-7,13-14,19-21H2,(H,33,36)/t28-/m1/s1. The molecule has 1 aliphatic carbocycles. The van der Waals surface area contributed by atoms with Crippen LogP contribution in [0.3, 0.4) is 0 Å². The SMILES string of the molecule is O=C(NC1CCCCC1)[C@@H](Cc1ccccc1)N(Cc1c(Cl)cccc1Cl)C(=O)CSc1ccccc1. The van der Waals surface area contributed by atoms with E-state index >= 15 is 0 Å². The van der Waals surface area contributed by atoms with Crippen LogP contribution in [0.5, 0.6) is 0 Å². The van der Waals surface area contributed by atoms with Gasteiger partial charge in [0.2, 0.25) is 11.8 Å². The van der Waals surface area contributed by atoms with E-state index < -0.39 is 6.04 Å². The fourth-order valence-corrected chi connectivity index (χ4v) is 6.02. The van der Waals surface area contributed by atoms with E-state index in [4.69, 9.17) is 23.2 Å². The van der Waals surface area contributed by atoms with Crippen LogP contribution in [-0.2, 0) is 22.6 Å². The number of thioether (sulfide) groups is 1. The minimum absolute atomic E-state index is 0.128. The van der Waals surface area contributed by atoms with Crippen molar-refractivity contribution in [2.24, 2.45) is 0 Å². The lowest BCUT2D eigenvalue weighted by Crippen LogP contribution is -2.53. The molecule has 194 valence electrons. The van der Waals surface area contributed by atoms with Crippen molar-refractivity contribution >= 4 is 46.8 Å². The van der Waals surface area contributed by atoms with Crippen molar-refractivity contribution in [2.75, 3.05) is 5.75 Å². The summed E-state index contributed by atoms with van der Waals surface area (Å²) >= 11 is 14.5. The zero-order valence-corrected chi connectivity index (χ0v) is 23.1. The molecule has 1 atom stereocenters. The van der Waals surface area contributed by atoms with Crippen molar-refractivity contribution in [3.05, 3.63) is 100 Å². The van der Waals surface area contributed by atoms with Gasteiger partial charge in [0, 0.05) is 39.5 Å². The molecule has 0 aromatic heterocycles. The van der Waals surface area contributed by atoms with Gasteiger partial charge in [-0.3, -0.25) is 9.59 Å². The summed E-state index contributed by atoms with van der Waals surface area (Å²) in [4.78, 5) is 30.3. The Hall–Kier alpha value is -2.47. The summed E-state index contributed by atoms with van der Waals surface area (Å²) in [6.07, 6.45) is 5.77. The lowest BCUT2D eigenvalue weighted by Gasteiger charge is -2.34. The predicted molar refractivity (Wildman–Crippen MR) is 153 cm³/mol. The average molecular weight is 556 g/mol. The number of hydrogen-bond donors (Lipinski definition) is 1.